The number of hydrogen-bond acceptors (Lipinski definition) is 3. The maximum Gasteiger partial charge on any atom is 0.340 e. The first-order valence-electron chi connectivity index (χ1n) is 8.86. The Bertz CT molecular complexity index is 1200. The molecule has 3 aromatic carbocycles. The maximum atomic E-state index is 13.4. The van der Waals surface area contributed by atoms with Crippen LogP contribution in [0.25, 0.3) is 10.9 Å². The number of hydrogen-bond donors (Lipinski definition) is 1. The van der Waals surface area contributed by atoms with Crippen LogP contribution in [0, 0.1) is 0 Å². The minimum Gasteiger partial charge on any atom is -0.445 e. The van der Waals surface area contributed by atoms with Crippen LogP contribution in [0.5, 0.6) is 0 Å². The highest BCUT2D eigenvalue weighted by Gasteiger charge is 2.29. The van der Waals surface area contributed by atoms with E-state index >= 15 is 0 Å². The quantitative estimate of drug-likeness (QED) is 0.304. The van der Waals surface area contributed by atoms with Crippen LogP contribution in [0.1, 0.15) is 32.4 Å². The second-order valence-corrected chi connectivity index (χ2v) is 7.28. The number of halogens is 2. The highest BCUT2D eigenvalue weighted by Crippen LogP contribution is 2.29. The van der Waals surface area contributed by atoms with E-state index in [4.69, 9.17) is 27.9 Å². The number of esters is 1. The van der Waals surface area contributed by atoms with E-state index < -0.39 is 12.1 Å². The van der Waals surface area contributed by atoms with Gasteiger partial charge in [0.2, 0.25) is 5.78 Å². The number of ether oxygens (including phenoxy) is 1. The van der Waals surface area contributed by atoms with Crippen molar-refractivity contribution in [1.29, 1.82) is 0 Å². The molecule has 0 radical (unpaired) electrons. The first-order chi connectivity index (χ1) is 14.0. The van der Waals surface area contributed by atoms with Crippen LogP contribution in [0.3, 0.4) is 0 Å². The molecular formula is C23H15Cl2NO3. The summed E-state index contributed by atoms with van der Waals surface area (Å²) in [4.78, 5) is 29.3. The van der Waals surface area contributed by atoms with Gasteiger partial charge < -0.3 is 9.72 Å². The van der Waals surface area contributed by atoms with Gasteiger partial charge in [0.1, 0.15) is 0 Å². The van der Waals surface area contributed by atoms with Crippen molar-refractivity contribution in [1.82, 2.24) is 4.98 Å². The van der Waals surface area contributed by atoms with E-state index in [0.717, 1.165) is 10.9 Å². The molecule has 0 spiro atoms. The van der Waals surface area contributed by atoms with Gasteiger partial charge in [0.25, 0.3) is 0 Å². The SMILES string of the molecule is O=C(OC(C(=O)c1c[nH]c2ccccc12)c1ccccc1)c1cc(Cl)ccc1Cl. The maximum absolute atomic E-state index is 13.4. The number of aromatic amines is 1. The van der Waals surface area contributed by atoms with E-state index in [-0.39, 0.29) is 16.4 Å². The molecule has 4 nitrogen and oxygen atoms in total. The largest absolute Gasteiger partial charge is 0.445 e. The Balaban J connectivity index is 1.73. The van der Waals surface area contributed by atoms with Crippen molar-refractivity contribution in [2.75, 3.05) is 0 Å². The van der Waals surface area contributed by atoms with Crippen LogP contribution >= 0.6 is 23.2 Å². The average Bonchev–Trinajstić information content (AvgIpc) is 3.18. The van der Waals surface area contributed by atoms with Crippen LogP contribution in [-0.2, 0) is 4.74 Å². The zero-order valence-electron chi connectivity index (χ0n) is 15.1. The summed E-state index contributed by atoms with van der Waals surface area (Å²) in [6.07, 6.45) is 0.501. The number of H-pyrrole nitrogens is 1. The number of carbonyl (C=O) groups is 2. The van der Waals surface area contributed by atoms with Gasteiger partial charge in [0, 0.05) is 33.2 Å². The number of nitrogens with one attached hydrogen (secondary N) is 1. The molecule has 1 aromatic heterocycles. The molecule has 0 bridgehead atoms. The van der Waals surface area contributed by atoms with Crippen LogP contribution in [0.4, 0.5) is 0 Å². The van der Waals surface area contributed by atoms with Crippen LogP contribution in [0.15, 0.2) is 79.0 Å². The molecule has 0 aliphatic rings. The zero-order valence-corrected chi connectivity index (χ0v) is 16.6. The highest BCUT2D eigenvalue weighted by molar-refractivity contribution is 6.35. The van der Waals surface area contributed by atoms with E-state index in [2.05, 4.69) is 4.98 Å². The van der Waals surface area contributed by atoms with Crippen LogP contribution < -0.4 is 0 Å². The van der Waals surface area contributed by atoms with Crippen molar-refractivity contribution in [2.45, 2.75) is 6.10 Å². The Morgan fingerprint density at radius 2 is 1.59 bits per heavy atom. The Hall–Kier alpha value is -3.08. The fourth-order valence-corrected chi connectivity index (χ4v) is 3.51. The molecule has 6 heteroatoms. The second kappa shape index (κ2) is 8.11. The lowest BCUT2D eigenvalue weighted by atomic mass is 9.99. The van der Waals surface area contributed by atoms with Gasteiger partial charge in [-0.3, -0.25) is 4.79 Å². The van der Waals surface area contributed by atoms with E-state index in [1.165, 1.54) is 12.1 Å². The number of carbonyl (C=O) groups excluding carboxylic acids is 2. The molecule has 0 amide bonds. The number of ketones is 1. The van der Waals surface area contributed by atoms with Gasteiger partial charge in [-0.15, -0.1) is 0 Å². The Morgan fingerprint density at radius 3 is 2.38 bits per heavy atom. The zero-order chi connectivity index (χ0) is 20.4. The van der Waals surface area contributed by atoms with E-state index in [1.54, 1.807) is 36.5 Å². The number of fused-ring (bicyclic) bond motifs is 1. The summed E-state index contributed by atoms with van der Waals surface area (Å²) in [5, 5.41) is 1.31. The van der Waals surface area contributed by atoms with Crippen molar-refractivity contribution in [3.8, 4) is 0 Å². The minimum absolute atomic E-state index is 0.104. The van der Waals surface area contributed by atoms with Crippen molar-refractivity contribution in [2.24, 2.45) is 0 Å². The first kappa shape index (κ1) is 19.2. The number of benzene rings is 3. The Labute approximate surface area is 177 Å². The fraction of sp³-hybridized carbons (Fsp3) is 0.0435. The molecule has 0 saturated heterocycles. The van der Waals surface area contributed by atoms with Crippen LogP contribution in [-0.4, -0.2) is 16.7 Å². The summed E-state index contributed by atoms with van der Waals surface area (Å²) < 4.78 is 5.65. The fourth-order valence-electron chi connectivity index (χ4n) is 3.14. The van der Waals surface area contributed by atoms with E-state index in [1.807, 2.05) is 30.3 Å². The Kier molecular flexibility index (Phi) is 5.38. The van der Waals surface area contributed by atoms with Crippen molar-refractivity contribution in [3.05, 3.63) is 106 Å². The first-order valence-corrected chi connectivity index (χ1v) is 9.61. The number of aromatic nitrogens is 1. The average molecular weight is 424 g/mol. The van der Waals surface area contributed by atoms with Crippen molar-refractivity contribution in [3.63, 3.8) is 0 Å². The minimum atomic E-state index is -1.13. The molecule has 0 aliphatic carbocycles. The highest BCUT2D eigenvalue weighted by atomic mass is 35.5. The third-order valence-electron chi connectivity index (χ3n) is 4.57. The smallest absolute Gasteiger partial charge is 0.340 e. The van der Waals surface area contributed by atoms with Gasteiger partial charge in [-0.2, -0.15) is 0 Å². The van der Waals surface area contributed by atoms with Gasteiger partial charge in [-0.05, 0) is 24.3 Å². The molecule has 0 aliphatic heterocycles. The van der Waals surface area contributed by atoms with E-state index in [9.17, 15) is 9.59 Å². The summed E-state index contributed by atoms with van der Waals surface area (Å²) in [5.41, 5.74) is 1.94. The normalized spacial score (nSPS) is 11.9. The van der Waals surface area contributed by atoms with Gasteiger partial charge in [0.15, 0.2) is 6.10 Å². The lowest BCUT2D eigenvalue weighted by Gasteiger charge is -2.17. The van der Waals surface area contributed by atoms with Gasteiger partial charge in [0.05, 0.1) is 10.6 Å². The Morgan fingerprint density at radius 1 is 0.862 bits per heavy atom. The van der Waals surface area contributed by atoms with Crippen LogP contribution in [0.2, 0.25) is 10.0 Å². The van der Waals surface area contributed by atoms with Gasteiger partial charge >= 0.3 is 5.97 Å². The molecule has 29 heavy (non-hydrogen) atoms. The molecule has 1 N–H and O–H groups in total. The van der Waals surface area contributed by atoms with Crippen molar-refractivity contribution >= 4 is 45.9 Å². The number of Topliss-reactive ketones (excluding diaryl/α,β-unsaturated/α-hetero) is 1. The third kappa shape index (κ3) is 3.90. The third-order valence-corrected chi connectivity index (χ3v) is 5.13. The molecule has 0 fully saturated rings. The molecule has 1 atom stereocenters. The molecule has 0 saturated carbocycles. The second-order valence-electron chi connectivity index (χ2n) is 6.43. The summed E-state index contributed by atoms with van der Waals surface area (Å²) >= 11 is 12.1. The predicted molar refractivity (Wildman–Crippen MR) is 114 cm³/mol. The van der Waals surface area contributed by atoms with E-state index in [0.29, 0.717) is 16.1 Å². The molecule has 1 heterocycles. The summed E-state index contributed by atoms with van der Waals surface area (Å²) in [6, 6.07) is 20.8. The number of para-hydroxylation sites is 1. The van der Waals surface area contributed by atoms with Crippen molar-refractivity contribution < 1.29 is 14.3 Å². The van der Waals surface area contributed by atoms with Gasteiger partial charge in [-0.25, -0.2) is 4.79 Å². The molecular weight excluding hydrogens is 409 g/mol. The molecule has 144 valence electrons. The number of rotatable bonds is 5. The predicted octanol–water partition coefficient (Wildman–Crippen LogP) is 6.26. The standard InChI is InChI=1S/C23H15Cl2NO3/c24-15-10-11-19(25)17(12-15)23(28)29-22(14-6-2-1-3-7-14)21(27)18-13-26-20-9-5-4-8-16(18)20/h1-13,22,26H. The topological polar surface area (TPSA) is 59.2 Å². The lowest BCUT2D eigenvalue weighted by molar-refractivity contribution is 0.0281. The molecule has 4 aromatic rings. The summed E-state index contributed by atoms with van der Waals surface area (Å²) in [5.74, 6) is -1.06. The summed E-state index contributed by atoms with van der Waals surface area (Å²) in [7, 11) is 0. The lowest BCUT2D eigenvalue weighted by Crippen LogP contribution is -2.20. The summed E-state index contributed by atoms with van der Waals surface area (Å²) in [6.45, 7) is 0. The monoisotopic (exact) mass is 423 g/mol. The molecule has 4 rings (SSSR count). The molecule has 1 unspecified atom stereocenters. The van der Waals surface area contributed by atoms with Gasteiger partial charge in [-0.1, -0.05) is 71.7 Å².